The summed E-state index contributed by atoms with van der Waals surface area (Å²) in [5, 5.41) is 0.872. The number of hydrogen-bond acceptors (Lipinski definition) is 6. The lowest BCUT2D eigenvalue weighted by molar-refractivity contribution is 0.0776. The molecule has 1 saturated carbocycles. The monoisotopic (exact) mass is 389 g/mol. The SMILES string of the molecule is C[C@@H]1OCc2c1c(N)nc1cnc(C(=O)N(C)Cc3ccc(C4CC4)cn3)cc21. The van der Waals surface area contributed by atoms with Crippen molar-refractivity contribution < 1.29 is 9.53 Å². The highest BCUT2D eigenvalue weighted by Crippen LogP contribution is 2.40. The number of anilines is 1. The van der Waals surface area contributed by atoms with Crippen molar-refractivity contribution in [2.24, 2.45) is 0 Å². The molecule has 7 heteroatoms. The molecule has 0 saturated heterocycles. The zero-order chi connectivity index (χ0) is 20.1. The zero-order valence-corrected chi connectivity index (χ0v) is 16.6. The third-order valence-electron chi connectivity index (χ3n) is 5.80. The fourth-order valence-corrected chi connectivity index (χ4v) is 3.98. The van der Waals surface area contributed by atoms with Crippen molar-refractivity contribution in [3.8, 4) is 0 Å². The van der Waals surface area contributed by atoms with E-state index in [1.54, 1.807) is 24.2 Å². The minimum atomic E-state index is -0.155. The summed E-state index contributed by atoms with van der Waals surface area (Å²) in [6.45, 7) is 2.85. The Morgan fingerprint density at radius 1 is 1.28 bits per heavy atom. The van der Waals surface area contributed by atoms with Crippen LogP contribution in [0.3, 0.4) is 0 Å². The van der Waals surface area contributed by atoms with Crippen molar-refractivity contribution in [2.45, 2.75) is 44.9 Å². The minimum Gasteiger partial charge on any atom is -0.383 e. The van der Waals surface area contributed by atoms with Gasteiger partial charge in [0.2, 0.25) is 0 Å². The average molecular weight is 389 g/mol. The van der Waals surface area contributed by atoms with Crippen LogP contribution in [0.25, 0.3) is 10.9 Å². The molecule has 3 aromatic heterocycles. The highest BCUT2D eigenvalue weighted by molar-refractivity contribution is 5.97. The number of hydrogen-bond donors (Lipinski definition) is 1. The molecule has 1 fully saturated rings. The molecule has 0 bridgehead atoms. The number of carbonyl (C=O) groups is 1. The maximum atomic E-state index is 13.0. The molecule has 0 aromatic carbocycles. The highest BCUT2D eigenvalue weighted by atomic mass is 16.5. The smallest absolute Gasteiger partial charge is 0.272 e. The van der Waals surface area contributed by atoms with Gasteiger partial charge in [0.05, 0.1) is 36.7 Å². The minimum absolute atomic E-state index is 0.0958. The molecular weight excluding hydrogens is 366 g/mol. The van der Waals surface area contributed by atoms with Crippen LogP contribution in [0.2, 0.25) is 0 Å². The van der Waals surface area contributed by atoms with Crippen LogP contribution in [0.1, 0.15) is 64.7 Å². The molecule has 2 N–H and O–H groups in total. The summed E-state index contributed by atoms with van der Waals surface area (Å²) in [6, 6.07) is 5.92. The maximum Gasteiger partial charge on any atom is 0.272 e. The van der Waals surface area contributed by atoms with Gasteiger partial charge in [-0.15, -0.1) is 0 Å². The van der Waals surface area contributed by atoms with Crippen LogP contribution >= 0.6 is 0 Å². The molecule has 1 aliphatic heterocycles. The first-order valence-corrected chi connectivity index (χ1v) is 9.91. The van der Waals surface area contributed by atoms with E-state index in [1.165, 1.54) is 18.4 Å². The standard InChI is InChI=1S/C22H23N5O2/c1-12-20-17(11-29-12)16-7-18(25-9-19(16)26-21(20)23)22(28)27(2)10-15-6-5-14(8-24-15)13-3-4-13/h5-9,12-13H,3-4,10-11H2,1-2H3,(H2,23,26)/t12-/m0/s1. The van der Waals surface area contributed by atoms with Crippen molar-refractivity contribution in [3.63, 3.8) is 0 Å². The van der Waals surface area contributed by atoms with Gasteiger partial charge in [0.25, 0.3) is 5.91 Å². The summed E-state index contributed by atoms with van der Waals surface area (Å²) >= 11 is 0. The van der Waals surface area contributed by atoms with E-state index in [-0.39, 0.29) is 12.0 Å². The van der Waals surface area contributed by atoms with Crippen LogP contribution < -0.4 is 5.73 Å². The second-order valence-corrected chi connectivity index (χ2v) is 7.95. The van der Waals surface area contributed by atoms with Crippen LogP contribution in [0, 0.1) is 0 Å². The van der Waals surface area contributed by atoms with Crippen LogP contribution in [0.5, 0.6) is 0 Å². The van der Waals surface area contributed by atoms with E-state index in [4.69, 9.17) is 10.5 Å². The topological polar surface area (TPSA) is 94.2 Å². The fraction of sp³-hybridized carbons (Fsp3) is 0.364. The van der Waals surface area contributed by atoms with Gasteiger partial charge in [-0.05, 0) is 48.9 Å². The molecule has 1 atom stereocenters. The first kappa shape index (κ1) is 18.0. The van der Waals surface area contributed by atoms with Gasteiger partial charge in [-0.2, -0.15) is 0 Å². The van der Waals surface area contributed by atoms with Gasteiger partial charge in [-0.3, -0.25) is 9.78 Å². The van der Waals surface area contributed by atoms with Crippen molar-refractivity contribution in [1.29, 1.82) is 0 Å². The number of nitrogens with two attached hydrogens (primary N) is 1. The second-order valence-electron chi connectivity index (χ2n) is 7.95. The normalized spacial score (nSPS) is 18.1. The maximum absolute atomic E-state index is 13.0. The van der Waals surface area contributed by atoms with E-state index in [2.05, 4.69) is 21.0 Å². The quantitative estimate of drug-likeness (QED) is 0.735. The molecule has 3 aromatic rings. The number of nitrogen functional groups attached to an aromatic ring is 1. The molecule has 7 nitrogen and oxygen atoms in total. The van der Waals surface area contributed by atoms with E-state index in [1.807, 2.05) is 19.2 Å². The molecule has 2 aliphatic rings. The zero-order valence-electron chi connectivity index (χ0n) is 16.6. The first-order chi connectivity index (χ1) is 14.0. The van der Waals surface area contributed by atoms with Gasteiger partial charge in [0, 0.05) is 24.2 Å². The summed E-state index contributed by atoms with van der Waals surface area (Å²) < 4.78 is 5.73. The van der Waals surface area contributed by atoms with Crippen LogP contribution in [-0.2, 0) is 17.9 Å². The summed E-state index contributed by atoms with van der Waals surface area (Å²) in [6.07, 6.45) is 5.95. The Hall–Kier alpha value is -3.06. The predicted molar refractivity (Wildman–Crippen MR) is 109 cm³/mol. The molecular formula is C22H23N5O2. The molecule has 0 spiro atoms. The lowest BCUT2D eigenvalue weighted by atomic mass is 10.0. The molecule has 0 unspecified atom stereocenters. The fourth-order valence-electron chi connectivity index (χ4n) is 3.98. The largest absolute Gasteiger partial charge is 0.383 e. The summed E-state index contributed by atoms with van der Waals surface area (Å²) in [7, 11) is 1.77. The summed E-state index contributed by atoms with van der Waals surface area (Å²) in [5.41, 5.74) is 11.2. The third kappa shape index (κ3) is 3.21. The van der Waals surface area contributed by atoms with Crippen LogP contribution in [-0.4, -0.2) is 32.8 Å². The lowest BCUT2D eigenvalue weighted by Crippen LogP contribution is -2.27. The van der Waals surface area contributed by atoms with Gasteiger partial charge < -0.3 is 15.4 Å². The number of ether oxygens (including phenoxy) is 1. The van der Waals surface area contributed by atoms with Crippen LogP contribution in [0.4, 0.5) is 5.82 Å². The number of fused-ring (bicyclic) bond motifs is 3. The first-order valence-electron chi connectivity index (χ1n) is 9.91. The Morgan fingerprint density at radius 3 is 2.83 bits per heavy atom. The summed E-state index contributed by atoms with van der Waals surface area (Å²) in [5.74, 6) is 0.988. The number of amides is 1. The molecule has 0 radical (unpaired) electrons. The van der Waals surface area contributed by atoms with Gasteiger partial charge in [0.1, 0.15) is 11.5 Å². The van der Waals surface area contributed by atoms with Crippen molar-refractivity contribution in [3.05, 3.63) is 58.7 Å². The third-order valence-corrected chi connectivity index (χ3v) is 5.80. The van der Waals surface area contributed by atoms with E-state index in [9.17, 15) is 4.79 Å². The van der Waals surface area contributed by atoms with E-state index >= 15 is 0 Å². The number of pyridine rings is 3. The molecule has 5 rings (SSSR count). The van der Waals surface area contributed by atoms with Gasteiger partial charge in [-0.25, -0.2) is 9.97 Å². The lowest BCUT2D eigenvalue weighted by Gasteiger charge is -2.17. The van der Waals surface area contributed by atoms with Gasteiger partial charge in [0.15, 0.2) is 0 Å². The Balaban J connectivity index is 1.40. The molecule has 148 valence electrons. The summed E-state index contributed by atoms with van der Waals surface area (Å²) in [4.78, 5) is 27.9. The van der Waals surface area contributed by atoms with E-state index in [0.717, 1.165) is 22.2 Å². The van der Waals surface area contributed by atoms with Crippen LogP contribution in [0.15, 0.2) is 30.6 Å². The van der Waals surface area contributed by atoms with Gasteiger partial charge in [-0.1, -0.05) is 6.07 Å². The molecule has 4 heterocycles. The number of aromatic nitrogens is 3. The average Bonchev–Trinajstić information content (AvgIpc) is 3.50. The number of nitrogens with zero attached hydrogens (tertiary/aromatic N) is 4. The Kier molecular flexibility index (Phi) is 4.20. The van der Waals surface area contributed by atoms with E-state index < -0.39 is 0 Å². The highest BCUT2D eigenvalue weighted by Gasteiger charge is 2.27. The Labute approximate surface area is 168 Å². The molecule has 29 heavy (non-hydrogen) atoms. The predicted octanol–water partition coefficient (Wildman–Crippen LogP) is 3.35. The van der Waals surface area contributed by atoms with Crippen molar-refractivity contribution >= 4 is 22.6 Å². The Bertz CT molecular complexity index is 1110. The van der Waals surface area contributed by atoms with Crippen molar-refractivity contribution in [2.75, 3.05) is 12.8 Å². The Morgan fingerprint density at radius 2 is 2.10 bits per heavy atom. The molecule has 1 amide bonds. The van der Waals surface area contributed by atoms with Crippen molar-refractivity contribution in [1.82, 2.24) is 19.9 Å². The number of carbonyl (C=O) groups excluding carboxylic acids is 1. The van der Waals surface area contributed by atoms with Gasteiger partial charge >= 0.3 is 0 Å². The van der Waals surface area contributed by atoms with E-state index in [0.29, 0.717) is 36.1 Å². The number of rotatable bonds is 4. The molecule has 1 aliphatic carbocycles. The second kappa shape index (κ2) is 6.77.